The Labute approximate surface area is 171 Å². The zero-order valence-electron chi connectivity index (χ0n) is 16.7. The third-order valence-electron chi connectivity index (χ3n) is 5.55. The normalized spacial score (nSPS) is 19.0. The highest BCUT2D eigenvalue weighted by molar-refractivity contribution is 6.04. The molecule has 2 aliphatic rings. The molecule has 1 aliphatic carbocycles. The van der Waals surface area contributed by atoms with E-state index in [9.17, 15) is 9.59 Å². The Bertz CT molecular complexity index is 894. The second-order valence-electron chi connectivity index (χ2n) is 7.75. The summed E-state index contributed by atoms with van der Waals surface area (Å²) in [6, 6.07) is 15.7. The number of methoxy groups -OCH3 is 1. The summed E-state index contributed by atoms with van der Waals surface area (Å²) < 4.78 is 5.34. The Kier molecular flexibility index (Phi) is 5.81. The molecule has 6 heteroatoms. The van der Waals surface area contributed by atoms with E-state index in [2.05, 4.69) is 21.6 Å². The van der Waals surface area contributed by atoms with Crippen molar-refractivity contribution in [2.24, 2.45) is 0 Å². The minimum absolute atomic E-state index is 0.105. The summed E-state index contributed by atoms with van der Waals surface area (Å²) in [5, 5.41) is 5.92. The molecule has 0 radical (unpaired) electrons. The van der Waals surface area contributed by atoms with Gasteiger partial charge in [-0.05, 0) is 62.1 Å². The van der Waals surface area contributed by atoms with Gasteiger partial charge in [-0.15, -0.1) is 0 Å². The number of carbonyl (C=O) groups is 2. The van der Waals surface area contributed by atoms with Crippen molar-refractivity contribution in [2.45, 2.75) is 37.8 Å². The highest BCUT2D eigenvalue weighted by atomic mass is 16.5. The first-order valence-corrected chi connectivity index (χ1v) is 10.2. The number of hydrogen-bond acceptors (Lipinski definition) is 4. The average molecular weight is 393 g/mol. The average Bonchev–Trinajstić information content (AvgIpc) is 3.43. The van der Waals surface area contributed by atoms with E-state index in [1.54, 1.807) is 19.2 Å². The second-order valence-corrected chi connectivity index (χ2v) is 7.75. The molecule has 0 spiro atoms. The SMILES string of the molecule is COc1cccc(C2CCCN2CC(=O)Nc2ccccc2C(=O)NC2CC2)c1. The molecule has 1 saturated heterocycles. The van der Waals surface area contributed by atoms with Crippen LogP contribution < -0.4 is 15.4 Å². The summed E-state index contributed by atoms with van der Waals surface area (Å²) in [5.74, 6) is 0.597. The van der Waals surface area contributed by atoms with Crippen LogP contribution in [0, 0.1) is 0 Å². The minimum Gasteiger partial charge on any atom is -0.497 e. The maximum atomic E-state index is 12.8. The van der Waals surface area contributed by atoms with Gasteiger partial charge in [0.25, 0.3) is 5.91 Å². The molecule has 2 amide bonds. The number of para-hydroxylation sites is 1. The maximum absolute atomic E-state index is 12.8. The van der Waals surface area contributed by atoms with Crippen LogP contribution in [0.3, 0.4) is 0 Å². The van der Waals surface area contributed by atoms with Crippen molar-refractivity contribution < 1.29 is 14.3 Å². The smallest absolute Gasteiger partial charge is 0.253 e. The molecule has 2 fully saturated rings. The summed E-state index contributed by atoms with van der Waals surface area (Å²) in [6.07, 6.45) is 4.12. The van der Waals surface area contributed by atoms with Gasteiger partial charge in [0.05, 0.1) is 24.9 Å². The van der Waals surface area contributed by atoms with Crippen molar-refractivity contribution in [3.05, 3.63) is 59.7 Å². The van der Waals surface area contributed by atoms with Gasteiger partial charge in [-0.1, -0.05) is 24.3 Å². The number of likely N-dealkylation sites (tertiary alicyclic amines) is 1. The molecule has 1 saturated carbocycles. The van der Waals surface area contributed by atoms with Gasteiger partial charge in [0.15, 0.2) is 0 Å². The van der Waals surface area contributed by atoms with Crippen molar-refractivity contribution in [2.75, 3.05) is 25.5 Å². The molecule has 152 valence electrons. The molecule has 1 aliphatic heterocycles. The molecule has 2 N–H and O–H groups in total. The first-order chi connectivity index (χ1) is 14.1. The van der Waals surface area contributed by atoms with Crippen molar-refractivity contribution in [1.29, 1.82) is 0 Å². The van der Waals surface area contributed by atoms with Crippen LogP contribution in [-0.2, 0) is 4.79 Å². The van der Waals surface area contributed by atoms with E-state index >= 15 is 0 Å². The quantitative estimate of drug-likeness (QED) is 0.757. The van der Waals surface area contributed by atoms with Gasteiger partial charge in [0.1, 0.15) is 5.75 Å². The Morgan fingerprint density at radius 3 is 2.72 bits per heavy atom. The fraction of sp³-hybridized carbons (Fsp3) is 0.391. The van der Waals surface area contributed by atoms with E-state index in [0.717, 1.165) is 38.0 Å². The highest BCUT2D eigenvalue weighted by Gasteiger charge is 2.28. The zero-order valence-corrected chi connectivity index (χ0v) is 16.7. The Morgan fingerprint density at radius 2 is 1.93 bits per heavy atom. The zero-order chi connectivity index (χ0) is 20.2. The molecular weight excluding hydrogens is 366 g/mol. The molecule has 29 heavy (non-hydrogen) atoms. The lowest BCUT2D eigenvalue weighted by Crippen LogP contribution is -2.33. The van der Waals surface area contributed by atoms with Crippen molar-refractivity contribution >= 4 is 17.5 Å². The molecule has 0 aromatic heterocycles. The largest absolute Gasteiger partial charge is 0.497 e. The highest BCUT2D eigenvalue weighted by Crippen LogP contribution is 2.33. The van der Waals surface area contributed by atoms with Gasteiger partial charge in [-0.3, -0.25) is 14.5 Å². The summed E-state index contributed by atoms with van der Waals surface area (Å²) >= 11 is 0. The van der Waals surface area contributed by atoms with Crippen LogP contribution in [0.5, 0.6) is 5.75 Å². The number of anilines is 1. The third-order valence-corrected chi connectivity index (χ3v) is 5.55. The molecule has 6 nitrogen and oxygen atoms in total. The van der Waals surface area contributed by atoms with E-state index in [1.807, 2.05) is 30.3 Å². The summed E-state index contributed by atoms with van der Waals surface area (Å²) in [5.41, 5.74) is 2.24. The lowest BCUT2D eigenvalue weighted by molar-refractivity contribution is -0.117. The van der Waals surface area contributed by atoms with E-state index in [-0.39, 0.29) is 23.9 Å². The van der Waals surface area contributed by atoms with E-state index in [1.165, 1.54) is 5.56 Å². The van der Waals surface area contributed by atoms with E-state index in [4.69, 9.17) is 4.74 Å². The predicted molar refractivity (Wildman–Crippen MR) is 112 cm³/mol. The van der Waals surface area contributed by atoms with Gasteiger partial charge in [-0.25, -0.2) is 0 Å². The second kappa shape index (κ2) is 8.66. The van der Waals surface area contributed by atoms with Gasteiger partial charge in [-0.2, -0.15) is 0 Å². The standard InChI is InChI=1S/C23H27N3O3/c1-29-18-7-4-6-16(14-18)21-10-5-13-26(21)15-22(27)25-20-9-3-2-8-19(20)23(28)24-17-11-12-17/h2-4,6-9,14,17,21H,5,10-13,15H2,1H3,(H,24,28)(H,25,27). The first kappa shape index (κ1) is 19.5. The first-order valence-electron chi connectivity index (χ1n) is 10.2. The number of ether oxygens (including phenoxy) is 1. The van der Waals surface area contributed by atoms with Crippen molar-refractivity contribution in [3.63, 3.8) is 0 Å². The number of hydrogen-bond donors (Lipinski definition) is 2. The van der Waals surface area contributed by atoms with Crippen LogP contribution in [0.15, 0.2) is 48.5 Å². The molecule has 0 bridgehead atoms. The van der Waals surface area contributed by atoms with E-state index in [0.29, 0.717) is 17.8 Å². The van der Waals surface area contributed by atoms with Crippen molar-refractivity contribution in [3.8, 4) is 5.75 Å². The fourth-order valence-corrected chi connectivity index (χ4v) is 3.90. The molecule has 1 heterocycles. The number of carbonyl (C=O) groups excluding carboxylic acids is 2. The Hall–Kier alpha value is -2.86. The third kappa shape index (κ3) is 4.77. The molecular formula is C23H27N3O3. The lowest BCUT2D eigenvalue weighted by atomic mass is 10.0. The van der Waals surface area contributed by atoms with Crippen LogP contribution >= 0.6 is 0 Å². The molecule has 1 unspecified atom stereocenters. The number of amides is 2. The number of benzene rings is 2. The Balaban J connectivity index is 1.42. The summed E-state index contributed by atoms with van der Waals surface area (Å²) in [7, 11) is 1.66. The lowest BCUT2D eigenvalue weighted by Gasteiger charge is -2.24. The maximum Gasteiger partial charge on any atom is 0.253 e. The predicted octanol–water partition coefficient (Wildman–Crippen LogP) is 3.36. The Morgan fingerprint density at radius 1 is 1.10 bits per heavy atom. The van der Waals surface area contributed by atoms with Crippen LogP contribution in [0.4, 0.5) is 5.69 Å². The van der Waals surface area contributed by atoms with Gasteiger partial charge in [0, 0.05) is 12.1 Å². The molecule has 4 rings (SSSR count). The number of nitrogens with zero attached hydrogens (tertiary/aromatic N) is 1. The molecule has 2 aromatic carbocycles. The number of nitrogens with one attached hydrogen (secondary N) is 2. The van der Waals surface area contributed by atoms with E-state index < -0.39 is 0 Å². The summed E-state index contributed by atoms with van der Waals surface area (Å²) in [6.45, 7) is 1.17. The van der Waals surface area contributed by atoms with Gasteiger partial charge < -0.3 is 15.4 Å². The topological polar surface area (TPSA) is 70.7 Å². The number of rotatable bonds is 7. The van der Waals surface area contributed by atoms with Crippen LogP contribution in [0.1, 0.15) is 47.6 Å². The summed E-state index contributed by atoms with van der Waals surface area (Å²) in [4.78, 5) is 27.4. The van der Waals surface area contributed by atoms with Crippen LogP contribution in [-0.4, -0.2) is 43.0 Å². The van der Waals surface area contributed by atoms with Crippen LogP contribution in [0.25, 0.3) is 0 Å². The molecule has 2 aromatic rings. The van der Waals surface area contributed by atoms with Crippen molar-refractivity contribution in [1.82, 2.24) is 10.2 Å². The van der Waals surface area contributed by atoms with Gasteiger partial charge >= 0.3 is 0 Å². The minimum atomic E-state index is -0.126. The molecule has 1 atom stereocenters. The van der Waals surface area contributed by atoms with Gasteiger partial charge in [0.2, 0.25) is 5.91 Å². The monoisotopic (exact) mass is 393 g/mol. The fourth-order valence-electron chi connectivity index (χ4n) is 3.90. The van der Waals surface area contributed by atoms with Crippen LogP contribution in [0.2, 0.25) is 0 Å².